The van der Waals surface area contributed by atoms with Gasteiger partial charge in [0, 0.05) is 14.7 Å². The fourth-order valence-electron chi connectivity index (χ4n) is 1.65. The number of methoxy groups -OCH3 is 1. The van der Waals surface area contributed by atoms with Gasteiger partial charge in [-0.15, -0.1) is 0 Å². The Balaban J connectivity index is 1.99. The van der Waals surface area contributed by atoms with Gasteiger partial charge in [-0.2, -0.15) is 0 Å². The molecule has 0 aliphatic heterocycles. The topological polar surface area (TPSA) is 67.4 Å². The minimum absolute atomic E-state index is 0.371. The van der Waals surface area contributed by atoms with Crippen LogP contribution in [0.1, 0.15) is 20.7 Å². The maximum absolute atomic E-state index is 11.9. The molecule has 2 N–H and O–H groups in total. The molecule has 108 valence electrons. The van der Waals surface area contributed by atoms with Crippen molar-refractivity contribution in [3.63, 3.8) is 0 Å². The summed E-state index contributed by atoms with van der Waals surface area (Å²) < 4.78 is 5.99. The molecular weight excluding hydrogens is 383 g/mol. The third kappa shape index (κ3) is 4.19. The molecule has 0 atom stereocenters. The van der Waals surface area contributed by atoms with Crippen LogP contribution in [0, 0.1) is 3.57 Å². The number of rotatable bonds is 3. The van der Waals surface area contributed by atoms with Crippen LogP contribution in [0.3, 0.4) is 0 Å². The number of hydrazine groups is 1. The molecular formula is C15H13IN2O3. The largest absolute Gasteiger partial charge is 0.497 e. The van der Waals surface area contributed by atoms with Crippen LogP contribution in [0.25, 0.3) is 0 Å². The van der Waals surface area contributed by atoms with Gasteiger partial charge in [-0.1, -0.05) is 12.1 Å². The molecule has 2 rings (SSSR count). The lowest BCUT2D eigenvalue weighted by atomic mass is 10.2. The quantitative estimate of drug-likeness (QED) is 0.619. The highest BCUT2D eigenvalue weighted by atomic mass is 127. The molecule has 0 saturated heterocycles. The molecule has 5 nitrogen and oxygen atoms in total. The summed E-state index contributed by atoms with van der Waals surface area (Å²) in [7, 11) is 1.52. The number of carbonyl (C=O) groups excluding carboxylic acids is 2. The second-order valence-corrected chi connectivity index (χ2v) is 5.40. The number of ether oxygens (including phenoxy) is 1. The average molecular weight is 396 g/mol. The predicted octanol–water partition coefficient (Wildman–Crippen LogP) is 2.37. The van der Waals surface area contributed by atoms with E-state index in [1.165, 1.54) is 7.11 Å². The fourth-order valence-corrected chi connectivity index (χ4v) is 2.19. The van der Waals surface area contributed by atoms with Crippen molar-refractivity contribution in [2.45, 2.75) is 0 Å². The normalized spacial score (nSPS) is 9.81. The van der Waals surface area contributed by atoms with E-state index in [2.05, 4.69) is 33.4 Å². The van der Waals surface area contributed by atoms with Crippen molar-refractivity contribution in [1.29, 1.82) is 0 Å². The molecule has 0 saturated carbocycles. The van der Waals surface area contributed by atoms with E-state index in [0.29, 0.717) is 16.9 Å². The Morgan fingerprint density at radius 3 is 2.10 bits per heavy atom. The molecule has 0 aliphatic carbocycles. The van der Waals surface area contributed by atoms with Gasteiger partial charge in [-0.3, -0.25) is 20.4 Å². The highest BCUT2D eigenvalue weighted by Crippen LogP contribution is 2.12. The van der Waals surface area contributed by atoms with Crippen molar-refractivity contribution in [3.8, 4) is 5.75 Å². The van der Waals surface area contributed by atoms with Gasteiger partial charge in [0.25, 0.3) is 11.8 Å². The van der Waals surface area contributed by atoms with Gasteiger partial charge in [-0.05, 0) is 59.0 Å². The molecule has 0 unspecified atom stereocenters. The van der Waals surface area contributed by atoms with E-state index in [1.807, 2.05) is 6.07 Å². The Hall–Kier alpha value is -2.09. The molecule has 0 fully saturated rings. The Morgan fingerprint density at radius 2 is 1.52 bits per heavy atom. The van der Waals surface area contributed by atoms with Crippen molar-refractivity contribution in [2.75, 3.05) is 7.11 Å². The van der Waals surface area contributed by atoms with Gasteiger partial charge in [0.1, 0.15) is 5.75 Å². The van der Waals surface area contributed by atoms with Gasteiger partial charge in [0.15, 0.2) is 0 Å². The minimum Gasteiger partial charge on any atom is -0.497 e. The number of benzene rings is 2. The summed E-state index contributed by atoms with van der Waals surface area (Å²) in [5.74, 6) is -0.204. The molecule has 2 aromatic rings. The Kier molecular flexibility index (Phi) is 5.15. The fraction of sp³-hybridized carbons (Fsp3) is 0.0667. The van der Waals surface area contributed by atoms with Crippen LogP contribution in [0.2, 0.25) is 0 Å². The number of hydrogen-bond donors (Lipinski definition) is 2. The van der Waals surface area contributed by atoms with Gasteiger partial charge in [0.2, 0.25) is 0 Å². The highest BCUT2D eigenvalue weighted by molar-refractivity contribution is 14.1. The van der Waals surface area contributed by atoms with E-state index in [4.69, 9.17) is 4.74 Å². The maximum atomic E-state index is 11.9. The summed E-state index contributed by atoms with van der Waals surface area (Å²) >= 11 is 2.12. The van der Waals surface area contributed by atoms with Crippen LogP contribution in [-0.2, 0) is 0 Å². The zero-order valence-electron chi connectivity index (χ0n) is 11.2. The molecule has 2 aromatic carbocycles. The monoisotopic (exact) mass is 396 g/mol. The maximum Gasteiger partial charge on any atom is 0.269 e. The van der Waals surface area contributed by atoms with Crippen molar-refractivity contribution in [2.24, 2.45) is 0 Å². The van der Waals surface area contributed by atoms with Crippen LogP contribution >= 0.6 is 22.6 Å². The summed E-state index contributed by atoms with van der Waals surface area (Å²) in [6, 6.07) is 13.7. The van der Waals surface area contributed by atoms with Crippen LogP contribution in [0.5, 0.6) is 5.75 Å². The van der Waals surface area contributed by atoms with Gasteiger partial charge in [0.05, 0.1) is 7.11 Å². The first-order valence-electron chi connectivity index (χ1n) is 6.10. The van der Waals surface area contributed by atoms with Crippen LogP contribution in [0.15, 0.2) is 48.5 Å². The summed E-state index contributed by atoms with van der Waals surface area (Å²) in [6.07, 6.45) is 0. The summed E-state index contributed by atoms with van der Waals surface area (Å²) in [4.78, 5) is 23.8. The summed E-state index contributed by atoms with van der Waals surface area (Å²) in [5.41, 5.74) is 5.63. The van der Waals surface area contributed by atoms with Gasteiger partial charge < -0.3 is 4.74 Å². The molecule has 21 heavy (non-hydrogen) atoms. The molecule has 0 heterocycles. The second kappa shape index (κ2) is 7.07. The summed E-state index contributed by atoms with van der Waals surface area (Å²) in [5, 5.41) is 0. The molecule has 0 aliphatic rings. The van der Waals surface area contributed by atoms with E-state index >= 15 is 0 Å². The third-order valence-corrected chi connectivity index (χ3v) is 3.38. The van der Waals surface area contributed by atoms with Crippen molar-refractivity contribution in [1.82, 2.24) is 10.9 Å². The zero-order chi connectivity index (χ0) is 15.2. The Bertz CT molecular complexity index is 673. The number of carbonyl (C=O) groups is 2. The molecule has 0 bridgehead atoms. The lowest BCUT2D eigenvalue weighted by Gasteiger charge is -2.08. The van der Waals surface area contributed by atoms with Crippen molar-refractivity contribution in [3.05, 3.63) is 63.2 Å². The Morgan fingerprint density at radius 1 is 0.952 bits per heavy atom. The lowest BCUT2D eigenvalue weighted by Crippen LogP contribution is -2.41. The highest BCUT2D eigenvalue weighted by Gasteiger charge is 2.09. The zero-order valence-corrected chi connectivity index (χ0v) is 13.4. The van der Waals surface area contributed by atoms with E-state index in [-0.39, 0.29) is 5.91 Å². The van der Waals surface area contributed by atoms with Crippen LogP contribution < -0.4 is 15.6 Å². The SMILES string of the molecule is COc1cccc(C(=O)NNC(=O)c2cccc(I)c2)c1. The third-order valence-electron chi connectivity index (χ3n) is 2.71. The first-order valence-corrected chi connectivity index (χ1v) is 7.18. The Labute approximate surface area is 135 Å². The standard InChI is InChI=1S/C15H13IN2O3/c1-21-13-7-3-5-11(9-13)15(20)18-17-14(19)10-4-2-6-12(16)8-10/h2-9H,1H3,(H,17,19)(H,18,20). The number of halogens is 1. The first-order chi connectivity index (χ1) is 10.1. The molecule has 0 spiro atoms. The molecule has 0 radical (unpaired) electrons. The van der Waals surface area contributed by atoms with Crippen LogP contribution in [-0.4, -0.2) is 18.9 Å². The number of amides is 2. The van der Waals surface area contributed by atoms with Crippen LogP contribution in [0.4, 0.5) is 0 Å². The van der Waals surface area contributed by atoms with E-state index in [9.17, 15) is 9.59 Å². The van der Waals surface area contributed by atoms with Crippen molar-refractivity contribution < 1.29 is 14.3 Å². The molecule has 0 aromatic heterocycles. The lowest BCUT2D eigenvalue weighted by molar-refractivity contribution is 0.0846. The van der Waals surface area contributed by atoms with Gasteiger partial charge in [-0.25, -0.2) is 0 Å². The average Bonchev–Trinajstić information content (AvgIpc) is 2.52. The first kappa shape index (κ1) is 15.3. The van der Waals surface area contributed by atoms with Crippen molar-refractivity contribution >= 4 is 34.4 Å². The second-order valence-electron chi connectivity index (χ2n) is 4.15. The van der Waals surface area contributed by atoms with Gasteiger partial charge >= 0.3 is 0 Å². The number of hydrogen-bond acceptors (Lipinski definition) is 3. The molecule has 2 amide bonds. The smallest absolute Gasteiger partial charge is 0.269 e. The summed E-state index contributed by atoms with van der Waals surface area (Å²) in [6.45, 7) is 0. The van der Waals surface area contributed by atoms with E-state index in [1.54, 1.807) is 42.5 Å². The minimum atomic E-state index is -0.409. The molecule has 6 heteroatoms. The predicted molar refractivity (Wildman–Crippen MR) is 87.1 cm³/mol. The van der Waals surface area contributed by atoms with E-state index in [0.717, 1.165) is 3.57 Å². The van der Waals surface area contributed by atoms with E-state index < -0.39 is 5.91 Å². The number of nitrogens with one attached hydrogen (secondary N) is 2.